The second-order valence-electron chi connectivity index (χ2n) is 6.28. The highest BCUT2D eigenvalue weighted by molar-refractivity contribution is 6.33. The third-order valence-electron chi connectivity index (χ3n) is 3.79. The van der Waals surface area contributed by atoms with Crippen molar-refractivity contribution in [1.82, 2.24) is 19.5 Å². The molecule has 0 aromatic carbocycles. The van der Waals surface area contributed by atoms with Crippen molar-refractivity contribution in [2.24, 2.45) is 0 Å². The number of halogens is 1. The number of carbonyl (C=O) groups excluding carboxylic acids is 2. The second kappa shape index (κ2) is 11.5. The standard InChI is InChI=1S/C18H26ClN5O5/c1-4-5-6-8-20-17-22-15(19)14-16(23-17)24(11-21-14)18(29-13(3)26)28-10-7-9-27-12(2)25/h11,18H,4-10H2,1-3H3,(H,20,22,23). The highest BCUT2D eigenvalue weighted by Crippen LogP contribution is 2.24. The van der Waals surface area contributed by atoms with Gasteiger partial charge >= 0.3 is 11.9 Å². The van der Waals surface area contributed by atoms with E-state index < -0.39 is 12.4 Å². The van der Waals surface area contributed by atoms with Gasteiger partial charge in [-0.3, -0.25) is 14.2 Å². The number of carbonyl (C=O) groups is 2. The highest BCUT2D eigenvalue weighted by atomic mass is 35.5. The van der Waals surface area contributed by atoms with Gasteiger partial charge in [0.1, 0.15) is 11.8 Å². The fourth-order valence-electron chi connectivity index (χ4n) is 2.46. The predicted molar refractivity (Wildman–Crippen MR) is 106 cm³/mol. The fraction of sp³-hybridized carbons (Fsp3) is 0.611. The summed E-state index contributed by atoms with van der Waals surface area (Å²) >= 11 is 6.24. The Morgan fingerprint density at radius 1 is 1.17 bits per heavy atom. The molecular formula is C18H26ClN5O5. The van der Waals surface area contributed by atoms with Crippen molar-refractivity contribution in [3.05, 3.63) is 11.5 Å². The third-order valence-corrected chi connectivity index (χ3v) is 4.05. The Morgan fingerprint density at radius 3 is 2.66 bits per heavy atom. The number of esters is 2. The Hall–Kier alpha value is -2.46. The summed E-state index contributed by atoms with van der Waals surface area (Å²) in [5, 5.41) is 3.32. The van der Waals surface area contributed by atoms with Gasteiger partial charge in [0, 0.05) is 26.8 Å². The molecule has 0 saturated carbocycles. The van der Waals surface area contributed by atoms with Crippen molar-refractivity contribution in [2.45, 2.75) is 52.9 Å². The molecule has 0 aliphatic carbocycles. The van der Waals surface area contributed by atoms with Gasteiger partial charge in [-0.2, -0.15) is 9.97 Å². The van der Waals surface area contributed by atoms with Crippen LogP contribution in [0.5, 0.6) is 0 Å². The summed E-state index contributed by atoms with van der Waals surface area (Å²) in [6, 6.07) is 0. The lowest BCUT2D eigenvalue weighted by molar-refractivity contribution is -0.199. The van der Waals surface area contributed by atoms with Gasteiger partial charge in [0.2, 0.25) is 5.95 Å². The van der Waals surface area contributed by atoms with Crippen LogP contribution >= 0.6 is 11.6 Å². The number of imidazole rings is 1. The van der Waals surface area contributed by atoms with Crippen LogP contribution in [-0.2, 0) is 23.8 Å². The van der Waals surface area contributed by atoms with E-state index in [4.69, 9.17) is 25.8 Å². The molecule has 2 aromatic rings. The van der Waals surface area contributed by atoms with Gasteiger partial charge < -0.3 is 19.5 Å². The predicted octanol–water partition coefficient (Wildman–Crippen LogP) is 3.07. The fourth-order valence-corrected chi connectivity index (χ4v) is 2.68. The number of rotatable bonds is 12. The number of fused-ring (bicyclic) bond motifs is 1. The first-order chi connectivity index (χ1) is 13.9. The van der Waals surface area contributed by atoms with Gasteiger partial charge in [-0.1, -0.05) is 31.4 Å². The zero-order valence-electron chi connectivity index (χ0n) is 16.8. The first-order valence-corrected chi connectivity index (χ1v) is 9.86. The first-order valence-electron chi connectivity index (χ1n) is 9.48. The van der Waals surface area contributed by atoms with E-state index in [1.54, 1.807) is 0 Å². The number of anilines is 1. The minimum atomic E-state index is -1.09. The van der Waals surface area contributed by atoms with Gasteiger partial charge in [-0.25, -0.2) is 4.98 Å². The molecule has 0 bridgehead atoms. The van der Waals surface area contributed by atoms with Crippen LogP contribution < -0.4 is 5.32 Å². The third kappa shape index (κ3) is 7.13. The molecule has 160 valence electrons. The summed E-state index contributed by atoms with van der Waals surface area (Å²) in [5.41, 5.74) is 0.737. The van der Waals surface area contributed by atoms with E-state index in [1.807, 2.05) is 0 Å². The molecule has 2 rings (SSSR count). The van der Waals surface area contributed by atoms with Gasteiger partial charge in [0.15, 0.2) is 10.8 Å². The van der Waals surface area contributed by atoms with Crippen molar-refractivity contribution in [3.8, 4) is 0 Å². The van der Waals surface area contributed by atoms with Crippen molar-refractivity contribution >= 4 is 40.7 Å². The lowest BCUT2D eigenvalue weighted by Crippen LogP contribution is -2.20. The van der Waals surface area contributed by atoms with E-state index in [0.717, 1.165) is 19.3 Å². The molecule has 2 aromatic heterocycles. The Balaban J connectivity index is 2.16. The Bertz CT molecular complexity index is 828. The summed E-state index contributed by atoms with van der Waals surface area (Å²) in [4.78, 5) is 35.2. The Labute approximate surface area is 173 Å². The normalized spacial score (nSPS) is 12.0. The first kappa shape index (κ1) is 22.8. The topological polar surface area (TPSA) is 117 Å². The molecule has 0 aliphatic heterocycles. The van der Waals surface area contributed by atoms with E-state index in [0.29, 0.717) is 30.1 Å². The Morgan fingerprint density at radius 2 is 1.97 bits per heavy atom. The summed E-state index contributed by atoms with van der Waals surface area (Å²) in [6.07, 6.45) is 3.95. The quantitative estimate of drug-likeness (QED) is 0.236. The van der Waals surface area contributed by atoms with Crippen molar-refractivity contribution in [3.63, 3.8) is 0 Å². The van der Waals surface area contributed by atoms with Crippen LogP contribution in [0.4, 0.5) is 5.95 Å². The minimum Gasteiger partial charge on any atom is -0.466 e. The van der Waals surface area contributed by atoms with Crippen LogP contribution in [0.25, 0.3) is 11.2 Å². The molecular weight excluding hydrogens is 402 g/mol. The van der Waals surface area contributed by atoms with Crippen LogP contribution in [0.1, 0.15) is 52.9 Å². The molecule has 0 saturated heterocycles. The average Bonchev–Trinajstić information content (AvgIpc) is 3.08. The molecule has 1 N–H and O–H groups in total. The number of nitrogens with zero attached hydrogens (tertiary/aromatic N) is 4. The highest BCUT2D eigenvalue weighted by Gasteiger charge is 2.21. The number of ether oxygens (including phenoxy) is 3. The maximum Gasteiger partial charge on any atom is 0.306 e. The largest absolute Gasteiger partial charge is 0.466 e. The van der Waals surface area contributed by atoms with Crippen LogP contribution in [0.2, 0.25) is 5.15 Å². The number of hydrogen-bond donors (Lipinski definition) is 1. The van der Waals surface area contributed by atoms with Crippen molar-refractivity contribution in [1.29, 1.82) is 0 Å². The van der Waals surface area contributed by atoms with E-state index >= 15 is 0 Å². The molecule has 0 aliphatic rings. The van der Waals surface area contributed by atoms with Crippen LogP contribution in [0.3, 0.4) is 0 Å². The average molecular weight is 428 g/mol. The summed E-state index contributed by atoms with van der Waals surface area (Å²) in [7, 11) is 0. The minimum absolute atomic E-state index is 0.183. The second-order valence-corrected chi connectivity index (χ2v) is 6.63. The molecule has 11 heteroatoms. The SMILES string of the molecule is CCCCCNc1nc(Cl)c2ncn(C(OCCCOC(C)=O)OC(C)=O)c2n1. The van der Waals surface area contributed by atoms with Crippen LogP contribution in [0.15, 0.2) is 6.33 Å². The summed E-state index contributed by atoms with van der Waals surface area (Å²) < 4.78 is 17.2. The lowest BCUT2D eigenvalue weighted by Gasteiger charge is -2.19. The van der Waals surface area contributed by atoms with E-state index in [-0.39, 0.29) is 24.3 Å². The van der Waals surface area contributed by atoms with Crippen LogP contribution in [0, 0.1) is 0 Å². The van der Waals surface area contributed by atoms with Gasteiger partial charge in [0.25, 0.3) is 6.41 Å². The lowest BCUT2D eigenvalue weighted by atomic mass is 10.2. The monoisotopic (exact) mass is 427 g/mol. The molecule has 1 atom stereocenters. The van der Waals surface area contributed by atoms with Gasteiger partial charge in [-0.05, 0) is 6.42 Å². The molecule has 0 fully saturated rings. The summed E-state index contributed by atoms with van der Waals surface area (Å²) in [6.45, 7) is 5.83. The molecule has 0 radical (unpaired) electrons. The molecule has 0 spiro atoms. The molecule has 10 nitrogen and oxygen atoms in total. The number of aromatic nitrogens is 4. The van der Waals surface area contributed by atoms with Crippen molar-refractivity contribution < 1.29 is 23.8 Å². The van der Waals surface area contributed by atoms with Gasteiger partial charge in [0.05, 0.1) is 13.2 Å². The number of unbranched alkanes of at least 4 members (excludes halogenated alkanes) is 2. The van der Waals surface area contributed by atoms with E-state index in [9.17, 15) is 9.59 Å². The number of hydrogen-bond acceptors (Lipinski definition) is 9. The summed E-state index contributed by atoms with van der Waals surface area (Å²) in [5.74, 6) is -0.542. The molecule has 2 heterocycles. The molecule has 1 unspecified atom stereocenters. The van der Waals surface area contributed by atoms with Crippen molar-refractivity contribution in [2.75, 3.05) is 25.1 Å². The Kier molecular flexibility index (Phi) is 9.07. The smallest absolute Gasteiger partial charge is 0.306 e. The van der Waals surface area contributed by atoms with Crippen LogP contribution in [-0.4, -0.2) is 51.2 Å². The molecule has 29 heavy (non-hydrogen) atoms. The van der Waals surface area contributed by atoms with Gasteiger partial charge in [-0.15, -0.1) is 0 Å². The zero-order chi connectivity index (χ0) is 21.2. The molecule has 0 amide bonds. The maximum atomic E-state index is 11.5. The maximum absolute atomic E-state index is 11.5. The van der Waals surface area contributed by atoms with E-state index in [1.165, 1.54) is 24.7 Å². The zero-order valence-corrected chi connectivity index (χ0v) is 17.6. The van der Waals surface area contributed by atoms with E-state index in [2.05, 4.69) is 27.2 Å². The number of nitrogens with one attached hydrogen (secondary N) is 1.